The van der Waals surface area contributed by atoms with Gasteiger partial charge in [0.2, 0.25) is 16.9 Å². The molecular weight excluding hydrogens is 270 g/mol. The Morgan fingerprint density at radius 1 is 1.37 bits per heavy atom. The highest BCUT2D eigenvalue weighted by Crippen LogP contribution is 2.32. The van der Waals surface area contributed by atoms with Gasteiger partial charge in [0, 0.05) is 17.8 Å². The van der Waals surface area contributed by atoms with Crippen molar-refractivity contribution in [2.75, 3.05) is 0 Å². The molecule has 1 heterocycles. The maximum atomic E-state index is 10.9. The van der Waals surface area contributed by atoms with Gasteiger partial charge in [-0.05, 0) is 37.1 Å². The molecule has 7 heteroatoms. The zero-order valence-corrected chi connectivity index (χ0v) is 11.0. The summed E-state index contributed by atoms with van der Waals surface area (Å²) < 4.78 is 5.49. The highest BCUT2D eigenvalue weighted by molar-refractivity contribution is 6.28. The third kappa shape index (κ3) is 2.97. The number of aryl methyl sites for hydroxylation is 2. The normalized spacial score (nSPS) is 10.3. The van der Waals surface area contributed by atoms with Crippen LogP contribution in [0.4, 0.5) is 5.69 Å². The summed E-state index contributed by atoms with van der Waals surface area (Å²) in [7, 11) is 0. The number of halogens is 1. The number of hydrogen-bond acceptors (Lipinski definition) is 5. The lowest BCUT2D eigenvalue weighted by atomic mass is 10.2. The highest BCUT2D eigenvalue weighted by Gasteiger charge is 2.17. The minimum absolute atomic E-state index is 0.0240. The van der Waals surface area contributed by atoms with E-state index in [0.29, 0.717) is 5.56 Å². The van der Waals surface area contributed by atoms with Crippen molar-refractivity contribution < 1.29 is 9.66 Å². The smallest absolute Gasteiger partial charge is 0.311 e. The Labute approximate surface area is 114 Å². The van der Waals surface area contributed by atoms with Crippen molar-refractivity contribution in [1.82, 2.24) is 9.97 Å². The van der Waals surface area contributed by atoms with Gasteiger partial charge in [0.15, 0.2) is 0 Å². The number of nitro groups is 1. The number of ether oxygens (including phenoxy) is 1. The number of hydrogen-bond donors (Lipinski definition) is 0. The van der Waals surface area contributed by atoms with E-state index in [4.69, 9.17) is 16.3 Å². The third-order valence-corrected chi connectivity index (χ3v) is 2.60. The first-order chi connectivity index (χ1) is 8.97. The monoisotopic (exact) mass is 279 g/mol. The lowest BCUT2D eigenvalue weighted by Crippen LogP contribution is -1.97. The highest BCUT2D eigenvalue weighted by atomic mass is 35.5. The maximum absolute atomic E-state index is 10.9. The van der Waals surface area contributed by atoms with E-state index < -0.39 is 4.92 Å². The van der Waals surface area contributed by atoms with Gasteiger partial charge in [-0.25, -0.2) is 4.98 Å². The Kier molecular flexibility index (Phi) is 3.62. The van der Waals surface area contributed by atoms with Crippen LogP contribution in [0.15, 0.2) is 24.4 Å². The quantitative estimate of drug-likeness (QED) is 0.488. The fraction of sp³-hybridized carbons (Fsp3) is 0.167. The molecule has 6 nitrogen and oxygen atoms in total. The topological polar surface area (TPSA) is 78.2 Å². The van der Waals surface area contributed by atoms with Crippen molar-refractivity contribution in [3.8, 4) is 11.6 Å². The molecule has 1 aromatic carbocycles. The lowest BCUT2D eigenvalue weighted by molar-refractivity contribution is -0.385. The molecule has 0 aliphatic carbocycles. The summed E-state index contributed by atoms with van der Waals surface area (Å²) in [6, 6.07) is 4.61. The predicted molar refractivity (Wildman–Crippen MR) is 69.7 cm³/mol. The van der Waals surface area contributed by atoms with Gasteiger partial charge in [-0.15, -0.1) is 0 Å². The Morgan fingerprint density at radius 3 is 2.79 bits per heavy atom. The van der Waals surface area contributed by atoms with Crippen LogP contribution < -0.4 is 4.74 Å². The first-order valence-corrected chi connectivity index (χ1v) is 5.77. The number of nitro benzene ring substituents is 1. The maximum Gasteiger partial charge on any atom is 0.311 e. The predicted octanol–water partition coefficient (Wildman–Crippen LogP) is 3.45. The summed E-state index contributed by atoms with van der Waals surface area (Å²) in [4.78, 5) is 18.1. The molecule has 0 atom stereocenters. The van der Waals surface area contributed by atoms with Gasteiger partial charge < -0.3 is 4.74 Å². The van der Waals surface area contributed by atoms with Crippen LogP contribution in [0.2, 0.25) is 5.28 Å². The molecule has 0 unspecified atom stereocenters. The first-order valence-electron chi connectivity index (χ1n) is 5.39. The molecule has 0 N–H and O–H groups in total. The summed E-state index contributed by atoms with van der Waals surface area (Å²) in [5.41, 5.74) is 1.36. The van der Waals surface area contributed by atoms with Gasteiger partial charge in [0.05, 0.1) is 4.92 Å². The van der Waals surface area contributed by atoms with Gasteiger partial charge in [-0.1, -0.05) is 6.07 Å². The van der Waals surface area contributed by atoms with Crippen LogP contribution in [0.25, 0.3) is 0 Å². The van der Waals surface area contributed by atoms with E-state index >= 15 is 0 Å². The third-order valence-electron chi connectivity index (χ3n) is 2.41. The van der Waals surface area contributed by atoms with E-state index in [1.54, 1.807) is 19.1 Å². The van der Waals surface area contributed by atoms with E-state index in [0.717, 1.165) is 5.56 Å². The van der Waals surface area contributed by atoms with Crippen LogP contribution in [0, 0.1) is 24.0 Å². The van der Waals surface area contributed by atoms with Crippen molar-refractivity contribution in [3.63, 3.8) is 0 Å². The zero-order valence-electron chi connectivity index (χ0n) is 10.3. The van der Waals surface area contributed by atoms with Crippen LogP contribution in [0.5, 0.6) is 11.6 Å². The van der Waals surface area contributed by atoms with Gasteiger partial charge in [0.1, 0.15) is 0 Å². The van der Waals surface area contributed by atoms with Gasteiger partial charge >= 0.3 is 5.69 Å². The SMILES string of the molecule is Cc1ccc([N+](=O)[O-])c(Oc2nc(Cl)ncc2C)c1. The lowest BCUT2D eigenvalue weighted by Gasteiger charge is -2.08. The van der Waals surface area contributed by atoms with Crippen molar-refractivity contribution in [2.24, 2.45) is 0 Å². The fourth-order valence-corrected chi connectivity index (χ4v) is 1.59. The summed E-state index contributed by atoms with van der Waals surface area (Å²) >= 11 is 5.68. The summed E-state index contributed by atoms with van der Waals surface area (Å²) in [5.74, 6) is 0.330. The molecule has 0 aliphatic heterocycles. The summed E-state index contributed by atoms with van der Waals surface area (Å²) in [5, 5.41) is 11.0. The van der Waals surface area contributed by atoms with Crippen molar-refractivity contribution in [3.05, 3.63) is 50.9 Å². The molecule has 2 aromatic rings. The van der Waals surface area contributed by atoms with Crippen molar-refractivity contribution in [2.45, 2.75) is 13.8 Å². The Bertz CT molecular complexity index is 646. The molecule has 0 radical (unpaired) electrons. The molecule has 0 bridgehead atoms. The molecule has 19 heavy (non-hydrogen) atoms. The van der Waals surface area contributed by atoms with Crippen molar-refractivity contribution >= 4 is 17.3 Å². The average Bonchev–Trinajstić information content (AvgIpc) is 2.33. The second-order valence-electron chi connectivity index (χ2n) is 3.96. The first kappa shape index (κ1) is 13.2. The number of aromatic nitrogens is 2. The molecule has 0 fully saturated rings. The largest absolute Gasteiger partial charge is 0.431 e. The Hall–Kier alpha value is -2.21. The summed E-state index contributed by atoms with van der Waals surface area (Å²) in [6.45, 7) is 3.55. The molecule has 0 saturated heterocycles. The average molecular weight is 280 g/mol. The molecule has 0 aliphatic rings. The standard InChI is InChI=1S/C12H10ClN3O3/c1-7-3-4-9(16(17)18)10(5-7)19-11-8(2)6-14-12(13)15-11/h3-6H,1-2H3. The van der Waals surface area contributed by atoms with E-state index in [2.05, 4.69) is 9.97 Å². The van der Waals surface area contributed by atoms with Crippen LogP contribution in [0.1, 0.15) is 11.1 Å². The van der Waals surface area contributed by atoms with Gasteiger partial charge in [-0.3, -0.25) is 10.1 Å². The minimum atomic E-state index is -0.507. The van der Waals surface area contributed by atoms with E-state index in [1.165, 1.54) is 12.3 Å². The number of nitrogens with zero attached hydrogens (tertiary/aromatic N) is 3. The van der Waals surface area contributed by atoms with Crippen molar-refractivity contribution in [1.29, 1.82) is 0 Å². The molecule has 2 rings (SSSR count). The number of rotatable bonds is 3. The fourth-order valence-electron chi connectivity index (χ4n) is 1.47. The molecule has 0 spiro atoms. The van der Waals surface area contributed by atoms with Gasteiger partial charge in [-0.2, -0.15) is 4.98 Å². The second-order valence-corrected chi connectivity index (χ2v) is 4.30. The molecule has 0 saturated carbocycles. The van der Waals surface area contributed by atoms with Crippen LogP contribution in [-0.4, -0.2) is 14.9 Å². The molecular formula is C12H10ClN3O3. The summed E-state index contributed by atoms with van der Waals surface area (Å²) in [6.07, 6.45) is 1.49. The van der Waals surface area contributed by atoms with E-state index in [-0.39, 0.29) is 22.6 Å². The second kappa shape index (κ2) is 5.19. The van der Waals surface area contributed by atoms with Crippen LogP contribution in [0.3, 0.4) is 0 Å². The molecule has 1 aromatic heterocycles. The van der Waals surface area contributed by atoms with Crippen LogP contribution in [-0.2, 0) is 0 Å². The minimum Gasteiger partial charge on any atom is -0.431 e. The Balaban J connectivity index is 2.45. The molecule has 0 amide bonds. The van der Waals surface area contributed by atoms with E-state index in [9.17, 15) is 10.1 Å². The van der Waals surface area contributed by atoms with E-state index in [1.807, 2.05) is 6.92 Å². The van der Waals surface area contributed by atoms with Crippen LogP contribution >= 0.6 is 11.6 Å². The van der Waals surface area contributed by atoms with Gasteiger partial charge in [0.25, 0.3) is 0 Å². The Morgan fingerprint density at radius 2 is 2.11 bits per heavy atom. The zero-order chi connectivity index (χ0) is 14.0. The number of benzene rings is 1. The molecule has 98 valence electrons.